The van der Waals surface area contributed by atoms with E-state index in [0.29, 0.717) is 0 Å². The molecule has 0 fully saturated rings. The van der Waals surface area contributed by atoms with Gasteiger partial charge in [-0.25, -0.2) is 0 Å². The average Bonchev–Trinajstić information content (AvgIpc) is 2.16. The van der Waals surface area contributed by atoms with E-state index in [9.17, 15) is 0 Å². The molecule has 13 heavy (non-hydrogen) atoms. The maximum absolute atomic E-state index is 4.43. The second-order valence-electron chi connectivity index (χ2n) is 3.88. The number of nitrogens with zero attached hydrogens (tertiary/aromatic N) is 1. The fraction of sp³-hybridized carbons (Fsp3) is 0.417. The van der Waals surface area contributed by atoms with E-state index in [1.807, 2.05) is 12.3 Å². The van der Waals surface area contributed by atoms with E-state index in [2.05, 4.69) is 24.6 Å². The molecule has 0 aliphatic heterocycles. The van der Waals surface area contributed by atoms with Gasteiger partial charge in [-0.15, -0.1) is 0 Å². The molecule has 0 spiro atoms. The van der Waals surface area contributed by atoms with Gasteiger partial charge < -0.3 is 0 Å². The lowest BCUT2D eigenvalue weighted by atomic mass is 9.86. The second-order valence-corrected chi connectivity index (χ2v) is 3.88. The highest BCUT2D eigenvalue weighted by atomic mass is 14.7. The first-order valence-electron chi connectivity index (χ1n) is 4.90. The quantitative estimate of drug-likeness (QED) is 0.636. The van der Waals surface area contributed by atoms with Gasteiger partial charge in [-0.3, -0.25) is 4.98 Å². The highest BCUT2D eigenvalue weighted by molar-refractivity contribution is 5.53. The van der Waals surface area contributed by atoms with Crippen molar-refractivity contribution in [3.63, 3.8) is 0 Å². The van der Waals surface area contributed by atoms with Gasteiger partial charge in [0.1, 0.15) is 0 Å². The third-order valence-corrected chi connectivity index (χ3v) is 2.83. The lowest BCUT2D eigenvalue weighted by molar-refractivity contribution is 0.492. The number of hydrogen-bond donors (Lipinski definition) is 0. The van der Waals surface area contributed by atoms with E-state index in [0.717, 1.165) is 12.3 Å². The molecule has 1 atom stereocenters. The summed E-state index contributed by atoms with van der Waals surface area (Å²) in [6.45, 7) is 6.13. The first kappa shape index (κ1) is 8.49. The molecular weight excluding hydrogens is 158 g/mol. The average molecular weight is 173 g/mol. The van der Waals surface area contributed by atoms with Gasteiger partial charge in [0.15, 0.2) is 0 Å². The molecule has 68 valence electrons. The molecule has 1 unspecified atom stereocenters. The van der Waals surface area contributed by atoms with Gasteiger partial charge >= 0.3 is 0 Å². The van der Waals surface area contributed by atoms with Gasteiger partial charge in [0.2, 0.25) is 0 Å². The van der Waals surface area contributed by atoms with Gasteiger partial charge in [0.25, 0.3) is 0 Å². The van der Waals surface area contributed by atoms with Crippen molar-refractivity contribution in [1.29, 1.82) is 0 Å². The van der Waals surface area contributed by atoms with Crippen LogP contribution in [0, 0.1) is 5.92 Å². The van der Waals surface area contributed by atoms with Crippen molar-refractivity contribution in [2.24, 2.45) is 5.92 Å². The molecule has 0 bridgehead atoms. The van der Waals surface area contributed by atoms with E-state index >= 15 is 0 Å². The monoisotopic (exact) mass is 173 g/mol. The fourth-order valence-corrected chi connectivity index (χ4v) is 2.03. The summed E-state index contributed by atoms with van der Waals surface area (Å²) in [7, 11) is 0. The van der Waals surface area contributed by atoms with Crippen LogP contribution in [0.3, 0.4) is 0 Å². The van der Waals surface area contributed by atoms with Crippen LogP contribution in [-0.2, 0) is 12.8 Å². The van der Waals surface area contributed by atoms with Gasteiger partial charge in [-0.1, -0.05) is 19.6 Å². The molecule has 0 radical (unpaired) electrons. The number of aromatic nitrogens is 1. The van der Waals surface area contributed by atoms with Crippen LogP contribution in [0.2, 0.25) is 0 Å². The molecule has 0 saturated carbocycles. The van der Waals surface area contributed by atoms with Crippen molar-refractivity contribution in [2.45, 2.75) is 26.2 Å². The van der Waals surface area contributed by atoms with Crippen LogP contribution in [0.4, 0.5) is 0 Å². The summed E-state index contributed by atoms with van der Waals surface area (Å²) in [5, 5.41) is 0. The first-order valence-corrected chi connectivity index (χ1v) is 4.90. The summed E-state index contributed by atoms with van der Waals surface area (Å²) < 4.78 is 0. The van der Waals surface area contributed by atoms with Crippen LogP contribution in [-0.4, -0.2) is 4.98 Å². The van der Waals surface area contributed by atoms with E-state index in [1.165, 1.54) is 29.7 Å². The Hall–Kier alpha value is -1.11. The van der Waals surface area contributed by atoms with Crippen molar-refractivity contribution >= 4 is 6.08 Å². The summed E-state index contributed by atoms with van der Waals surface area (Å²) in [6, 6.07) is 2.06. The van der Waals surface area contributed by atoms with Crippen LogP contribution in [0.25, 0.3) is 6.08 Å². The molecule has 2 rings (SSSR count). The molecule has 0 aromatic carbocycles. The minimum atomic E-state index is 0.792. The van der Waals surface area contributed by atoms with Gasteiger partial charge in [-0.05, 0) is 42.4 Å². The summed E-state index contributed by atoms with van der Waals surface area (Å²) in [5.41, 5.74) is 3.99. The molecule has 0 amide bonds. The van der Waals surface area contributed by atoms with Crippen molar-refractivity contribution in [3.8, 4) is 0 Å². The Morgan fingerprint density at radius 2 is 2.46 bits per heavy atom. The Balaban J connectivity index is 2.45. The Labute approximate surface area is 79.5 Å². The zero-order valence-electron chi connectivity index (χ0n) is 8.09. The zero-order chi connectivity index (χ0) is 9.26. The van der Waals surface area contributed by atoms with E-state index < -0.39 is 0 Å². The Morgan fingerprint density at radius 3 is 3.23 bits per heavy atom. The van der Waals surface area contributed by atoms with E-state index in [-0.39, 0.29) is 0 Å². The molecule has 0 N–H and O–H groups in total. The zero-order valence-corrected chi connectivity index (χ0v) is 8.09. The van der Waals surface area contributed by atoms with Crippen LogP contribution in [0.5, 0.6) is 0 Å². The molecular formula is C12H15N. The molecule has 0 saturated heterocycles. The van der Waals surface area contributed by atoms with Gasteiger partial charge in [0.05, 0.1) is 0 Å². The fourth-order valence-electron chi connectivity index (χ4n) is 2.03. The second kappa shape index (κ2) is 3.33. The smallest absolute Gasteiger partial charge is 0.0444 e. The summed E-state index contributed by atoms with van der Waals surface area (Å²) in [4.78, 5) is 4.43. The normalized spacial score (nSPS) is 20.8. The summed E-state index contributed by atoms with van der Waals surface area (Å²) in [5.74, 6) is 0.792. The summed E-state index contributed by atoms with van der Waals surface area (Å²) >= 11 is 0. The molecule has 1 aliphatic rings. The van der Waals surface area contributed by atoms with E-state index in [1.54, 1.807) is 0 Å². The number of fused-ring (bicyclic) bond motifs is 1. The van der Waals surface area contributed by atoms with Crippen LogP contribution < -0.4 is 0 Å². The van der Waals surface area contributed by atoms with Crippen LogP contribution in [0.1, 0.15) is 30.2 Å². The number of hydrogen-bond acceptors (Lipinski definition) is 1. The Bertz CT molecular complexity index is 328. The molecule has 1 aromatic heterocycles. The minimum Gasteiger partial charge on any atom is -0.261 e. The van der Waals surface area contributed by atoms with Crippen LogP contribution in [0.15, 0.2) is 18.8 Å². The van der Waals surface area contributed by atoms with E-state index in [4.69, 9.17) is 0 Å². The third kappa shape index (κ3) is 1.51. The highest BCUT2D eigenvalue weighted by Crippen LogP contribution is 2.26. The third-order valence-electron chi connectivity index (χ3n) is 2.83. The largest absolute Gasteiger partial charge is 0.261 e. The number of rotatable bonds is 1. The molecule has 1 heteroatoms. The molecule has 1 aliphatic carbocycles. The topological polar surface area (TPSA) is 12.9 Å². The Morgan fingerprint density at radius 1 is 1.62 bits per heavy atom. The lowest BCUT2D eigenvalue weighted by Gasteiger charge is -2.21. The van der Waals surface area contributed by atoms with Crippen molar-refractivity contribution in [2.75, 3.05) is 0 Å². The van der Waals surface area contributed by atoms with Gasteiger partial charge in [-0.2, -0.15) is 0 Å². The predicted molar refractivity (Wildman–Crippen MR) is 55.5 cm³/mol. The van der Waals surface area contributed by atoms with Gasteiger partial charge in [0, 0.05) is 11.9 Å². The SMILES string of the molecule is C=Cc1ccnc2c1CCC(C)C2. The Kier molecular flexibility index (Phi) is 2.17. The summed E-state index contributed by atoms with van der Waals surface area (Å²) in [6.07, 6.45) is 7.44. The molecule has 1 nitrogen and oxygen atoms in total. The van der Waals surface area contributed by atoms with Crippen LogP contribution >= 0.6 is 0 Å². The minimum absolute atomic E-state index is 0.792. The maximum Gasteiger partial charge on any atom is 0.0444 e. The predicted octanol–water partition coefficient (Wildman–Crippen LogP) is 2.85. The maximum atomic E-state index is 4.43. The highest BCUT2D eigenvalue weighted by Gasteiger charge is 2.17. The molecule has 1 heterocycles. The lowest BCUT2D eigenvalue weighted by Crippen LogP contribution is -2.13. The molecule has 1 aromatic rings. The van der Waals surface area contributed by atoms with Crippen molar-refractivity contribution in [3.05, 3.63) is 35.7 Å². The van der Waals surface area contributed by atoms with Crippen molar-refractivity contribution in [1.82, 2.24) is 4.98 Å². The number of pyridine rings is 1. The first-order chi connectivity index (χ1) is 6.31. The standard InChI is InChI=1S/C12H15N/c1-3-10-6-7-13-12-8-9(2)4-5-11(10)12/h3,6-7,9H,1,4-5,8H2,2H3. The van der Waals surface area contributed by atoms with Crippen molar-refractivity contribution < 1.29 is 0 Å².